The van der Waals surface area contributed by atoms with Gasteiger partial charge in [0.1, 0.15) is 0 Å². The number of fused-ring (bicyclic) bond motifs is 6. The molecule has 0 atom stereocenters. The molecule has 4 heteroatoms. The summed E-state index contributed by atoms with van der Waals surface area (Å²) in [6.45, 7) is 8.46. The third-order valence-corrected chi connectivity index (χ3v) is 9.14. The monoisotopic (exact) mass is 590 g/mol. The molecule has 0 radical (unpaired) electrons. The maximum absolute atomic E-state index is 10.5. The van der Waals surface area contributed by atoms with Crippen LogP contribution in [0.15, 0.2) is 109 Å². The standard InChI is InChI=1S/C42H30N4/c1-25-8-12-32-33-13-9-26(2)17-37(33)45(36(32)16-25)40-21-30(24-44)22-41(42(40)31-7-5-6-29(20-31)23-43)46-38-18-27(3)10-14-34(38)35-15-11-28(4)19-39(35)46/h5-22H,1-4H3. The summed E-state index contributed by atoms with van der Waals surface area (Å²) in [5.41, 5.74) is 13.8. The van der Waals surface area contributed by atoms with Gasteiger partial charge in [-0.05, 0) is 104 Å². The summed E-state index contributed by atoms with van der Waals surface area (Å²) in [6, 6.07) is 43.0. The molecular weight excluding hydrogens is 560 g/mol. The first-order valence-corrected chi connectivity index (χ1v) is 15.5. The van der Waals surface area contributed by atoms with Crippen molar-refractivity contribution in [1.29, 1.82) is 10.5 Å². The quantitative estimate of drug-likeness (QED) is 0.206. The fourth-order valence-corrected chi connectivity index (χ4v) is 7.07. The van der Waals surface area contributed by atoms with Gasteiger partial charge in [-0.3, -0.25) is 0 Å². The Morgan fingerprint density at radius 1 is 0.435 bits per heavy atom. The highest BCUT2D eigenvalue weighted by atomic mass is 15.0. The molecule has 0 spiro atoms. The number of aromatic nitrogens is 2. The maximum Gasteiger partial charge on any atom is 0.0993 e. The van der Waals surface area contributed by atoms with Crippen molar-refractivity contribution < 1.29 is 0 Å². The van der Waals surface area contributed by atoms with Crippen LogP contribution in [0.1, 0.15) is 33.4 Å². The summed E-state index contributed by atoms with van der Waals surface area (Å²) in [5, 5.41) is 25.2. The summed E-state index contributed by atoms with van der Waals surface area (Å²) in [5.74, 6) is 0. The van der Waals surface area contributed by atoms with E-state index in [0.29, 0.717) is 11.1 Å². The van der Waals surface area contributed by atoms with E-state index in [1.165, 1.54) is 0 Å². The number of nitrogens with zero attached hydrogens (tertiary/aromatic N) is 4. The molecule has 0 saturated carbocycles. The van der Waals surface area contributed by atoms with E-state index >= 15 is 0 Å². The second-order valence-electron chi connectivity index (χ2n) is 12.4. The van der Waals surface area contributed by atoms with Crippen LogP contribution in [-0.4, -0.2) is 9.13 Å². The van der Waals surface area contributed by atoms with Gasteiger partial charge in [-0.2, -0.15) is 10.5 Å². The summed E-state index contributed by atoms with van der Waals surface area (Å²) in [4.78, 5) is 0. The van der Waals surface area contributed by atoms with E-state index in [9.17, 15) is 10.5 Å². The van der Waals surface area contributed by atoms with Crippen molar-refractivity contribution in [3.05, 3.63) is 143 Å². The van der Waals surface area contributed by atoms with Gasteiger partial charge in [-0.25, -0.2) is 0 Å². The van der Waals surface area contributed by atoms with Crippen molar-refractivity contribution in [1.82, 2.24) is 9.13 Å². The second-order valence-corrected chi connectivity index (χ2v) is 12.4. The van der Waals surface area contributed by atoms with Crippen LogP contribution in [0.2, 0.25) is 0 Å². The molecule has 2 aromatic heterocycles. The van der Waals surface area contributed by atoms with Crippen LogP contribution in [0.5, 0.6) is 0 Å². The summed E-state index contributed by atoms with van der Waals surface area (Å²) < 4.78 is 4.63. The zero-order valence-corrected chi connectivity index (χ0v) is 26.2. The molecule has 0 aliphatic heterocycles. The third kappa shape index (κ3) is 4.12. The van der Waals surface area contributed by atoms with Crippen LogP contribution < -0.4 is 0 Å². The van der Waals surface area contributed by atoms with Gasteiger partial charge in [-0.1, -0.05) is 60.7 Å². The smallest absolute Gasteiger partial charge is 0.0993 e. The highest BCUT2D eigenvalue weighted by Crippen LogP contribution is 2.43. The first kappa shape index (κ1) is 27.4. The first-order valence-electron chi connectivity index (χ1n) is 15.5. The Balaban J connectivity index is 1.63. The highest BCUT2D eigenvalue weighted by Gasteiger charge is 2.23. The zero-order valence-electron chi connectivity index (χ0n) is 26.2. The van der Waals surface area contributed by atoms with E-state index in [1.54, 1.807) is 0 Å². The number of hydrogen-bond donors (Lipinski definition) is 0. The Bertz CT molecular complexity index is 2390. The average molecular weight is 591 g/mol. The molecule has 6 aromatic carbocycles. The van der Waals surface area contributed by atoms with Gasteiger partial charge in [-0.15, -0.1) is 0 Å². The molecule has 218 valence electrons. The van der Waals surface area contributed by atoms with E-state index in [-0.39, 0.29) is 0 Å². The van der Waals surface area contributed by atoms with Crippen molar-refractivity contribution in [2.45, 2.75) is 27.7 Å². The van der Waals surface area contributed by atoms with Gasteiger partial charge in [0.2, 0.25) is 0 Å². The SMILES string of the molecule is Cc1ccc2c3ccc(C)cc3n(-c3cc(C#N)cc(-n4c5cc(C)ccc5c5ccc(C)cc54)c3-c3cccc(C#N)c3)c2c1. The van der Waals surface area contributed by atoms with Crippen LogP contribution in [0.4, 0.5) is 0 Å². The molecule has 46 heavy (non-hydrogen) atoms. The minimum absolute atomic E-state index is 0.566. The molecule has 0 saturated heterocycles. The molecular formula is C42H30N4. The van der Waals surface area contributed by atoms with Crippen LogP contribution in [0, 0.1) is 50.4 Å². The average Bonchev–Trinajstić information content (AvgIpc) is 3.54. The van der Waals surface area contributed by atoms with E-state index in [2.05, 4.69) is 128 Å². The molecule has 0 N–H and O–H groups in total. The lowest BCUT2D eigenvalue weighted by Crippen LogP contribution is -2.05. The fraction of sp³-hybridized carbons (Fsp3) is 0.0952. The lowest BCUT2D eigenvalue weighted by Gasteiger charge is -2.21. The highest BCUT2D eigenvalue weighted by molar-refractivity contribution is 6.12. The molecule has 0 aliphatic carbocycles. The van der Waals surface area contributed by atoms with Crippen LogP contribution >= 0.6 is 0 Å². The third-order valence-electron chi connectivity index (χ3n) is 9.14. The first-order chi connectivity index (χ1) is 22.3. The molecule has 2 heterocycles. The molecule has 0 amide bonds. The van der Waals surface area contributed by atoms with Crippen molar-refractivity contribution in [2.24, 2.45) is 0 Å². The lowest BCUT2D eigenvalue weighted by atomic mass is 9.96. The van der Waals surface area contributed by atoms with Gasteiger partial charge in [0, 0.05) is 27.1 Å². The molecule has 8 aromatic rings. The number of benzene rings is 6. The predicted octanol–water partition coefficient (Wildman–Crippen LogP) is 10.5. The largest absolute Gasteiger partial charge is 0.308 e. The minimum atomic E-state index is 0.566. The number of nitriles is 2. The van der Waals surface area contributed by atoms with Gasteiger partial charge in [0.25, 0.3) is 0 Å². The summed E-state index contributed by atoms with van der Waals surface area (Å²) in [7, 11) is 0. The summed E-state index contributed by atoms with van der Waals surface area (Å²) in [6.07, 6.45) is 0. The molecule has 0 aliphatic rings. The number of rotatable bonds is 3. The second kappa shape index (κ2) is 10.2. The Labute approximate surface area is 267 Å². The maximum atomic E-state index is 10.5. The topological polar surface area (TPSA) is 57.4 Å². The number of aryl methyl sites for hydroxylation is 4. The van der Waals surface area contributed by atoms with E-state index in [1.807, 2.05) is 30.3 Å². The van der Waals surface area contributed by atoms with Crippen LogP contribution in [-0.2, 0) is 0 Å². The molecule has 0 unspecified atom stereocenters. The van der Waals surface area contributed by atoms with E-state index in [4.69, 9.17) is 0 Å². The predicted molar refractivity (Wildman–Crippen MR) is 189 cm³/mol. The van der Waals surface area contributed by atoms with Crippen molar-refractivity contribution >= 4 is 43.6 Å². The fourth-order valence-electron chi connectivity index (χ4n) is 7.07. The van der Waals surface area contributed by atoms with Crippen LogP contribution in [0.25, 0.3) is 66.1 Å². The molecule has 0 bridgehead atoms. The zero-order chi connectivity index (χ0) is 31.7. The van der Waals surface area contributed by atoms with Crippen molar-refractivity contribution in [3.63, 3.8) is 0 Å². The van der Waals surface area contributed by atoms with E-state index < -0.39 is 0 Å². The summed E-state index contributed by atoms with van der Waals surface area (Å²) >= 11 is 0. The normalized spacial score (nSPS) is 11.4. The van der Waals surface area contributed by atoms with Gasteiger partial charge < -0.3 is 9.13 Å². The number of hydrogen-bond acceptors (Lipinski definition) is 2. The van der Waals surface area contributed by atoms with Crippen molar-refractivity contribution in [3.8, 4) is 34.6 Å². The lowest BCUT2D eigenvalue weighted by molar-refractivity contribution is 1.13. The Morgan fingerprint density at radius 2 is 0.826 bits per heavy atom. The van der Waals surface area contributed by atoms with Crippen LogP contribution in [0.3, 0.4) is 0 Å². The van der Waals surface area contributed by atoms with Gasteiger partial charge in [0.15, 0.2) is 0 Å². The Morgan fingerprint density at radius 3 is 1.20 bits per heavy atom. The minimum Gasteiger partial charge on any atom is -0.308 e. The Hall–Kier alpha value is -6.10. The Kier molecular flexibility index (Phi) is 6.11. The molecule has 8 rings (SSSR count). The van der Waals surface area contributed by atoms with Gasteiger partial charge in [0.05, 0.1) is 56.7 Å². The van der Waals surface area contributed by atoms with Crippen molar-refractivity contribution in [2.75, 3.05) is 0 Å². The van der Waals surface area contributed by atoms with Gasteiger partial charge >= 0.3 is 0 Å². The molecule has 0 fully saturated rings. The molecule has 4 nitrogen and oxygen atoms in total. The van der Waals surface area contributed by atoms with E-state index in [0.717, 1.165) is 88.4 Å².